The average Bonchev–Trinajstić information content (AvgIpc) is 2.80. The molecule has 136 valence electrons. The van der Waals surface area contributed by atoms with E-state index in [1.165, 1.54) is 12.1 Å². The first-order chi connectivity index (χ1) is 12.6. The minimum atomic E-state index is -0.262. The number of nitrogens with zero attached hydrogens (tertiary/aromatic N) is 2. The molecule has 1 fully saturated rings. The topological polar surface area (TPSA) is 23.6 Å². The van der Waals surface area contributed by atoms with Crippen LogP contribution >= 0.6 is 11.6 Å². The monoisotopic (exact) mass is 372 g/mol. The number of carbonyl (C=O) groups excluding carboxylic acids is 1. The molecule has 0 saturated carbocycles. The van der Waals surface area contributed by atoms with Crippen molar-refractivity contribution in [1.29, 1.82) is 0 Å². The van der Waals surface area contributed by atoms with Gasteiger partial charge in [-0.2, -0.15) is 0 Å². The van der Waals surface area contributed by atoms with E-state index in [1.807, 2.05) is 41.3 Å². The zero-order chi connectivity index (χ0) is 18.4. The third-order valence-corrected chi connectivity index (χ3v) is 4.69. The molecular formula is C21H22ClFN2O. The van der Waals surface area contributed by atoms with Crippen molar-refractivity contribution in [1.82, 2.24) is 9.80 Å². The van der Waals surface area contributed by atoms with Gasteiger partial charge >= 0.3 is 0 Å². The van der Waals surface area contributed by atoms with E-state index < -0.39 is 0 Å². The lowest BCUT2D eigenvalue weighted by atomic mass is 10.2. The molecule has 0 atom stereocenters. The first-order valence-electron chi connectivity index (χ1n) is 8.76. The molecule has 0 spiro atoms. The third-order valence-electron chi connectivity index (χ3n) is 4.46. The molecule has 1 saturated heterocycles. The fourth-order valence-corrected chi connectivity index (χ4v) is 3.33. The van der Waals surface area contributed by atoms with E-state index in [4.69, 9.17) is 11.6 Å². The molecule has 0 bridgehead atoms. The Bertz CT molecular complexity index is 761. The van der Waals surface area contributed by atoms with E-state index in [0.717, 1.165) is 22.7 Å². The van der Waals surface area contributed by atoms with Crippen molar-refractivity contribution in [2.75, 3.05) is 26.2 Å². The van der Waals surface area contributed by atoms with Crippen LogP contribution < -0.4 is 0 Å². The SMILES string of the molecule is O=C1CCN(CC(Cl)=Cc2ccccc2)CCN1Cc1ccc(F)cc1. The molecule has 5 heteroatoms. The first-order valence-corrected chi connectivity index (χ1v) is 9.13. The molecule has 26 heavy (non-hydrogen) atoms. The number of halogens is 2. The second-order valence-corrected chi connectivity index (χ2v) is 6.96. The van der Waals surface area contributed by atoms with Crippen molar-refractivity contribution in [2.24, 2.45) is 0 Å². The molecule has 3 rings (SSSR count). The van der Waals surface area contributed by atoms with Gasteiger partial charge in [0, 0.05) is 44.2 Å². The highest BCUT2D eigenvalue weighted by molar-refractivity contribution is 6.31. The molecule has 2 aromatic carbocycles. The maximum absolute atomic E-state index is 13.0. The van der Waals surface area contributed by atoms with Crippen LogP contribution in [0.3, 0.4) is 0 Å². The smallest absolute Gasteiger partial charge is 0.224 e. The molecule has 0 unspecified atom stereocenters. The van der Waals surface area contributed by atoms with Gasteiger partial charge in [0.2, 0.25) is 5.91 Å². The maximum Gasteiger partial charge on any atom is 0.224 e. The number of rotatable bonds is 5. The van der Waals surface area contributed by atoms with Gasteiger partial charge in [-0.05, 0) is 29.3 Å². The van der Waals surface area contributed by atoms with E-state index in [9.17, 15) is 9.18 Å². The van der Waals surface area contributed by atoms with Crippen molar-refractivity contribution in [3.8, 4) is 0 Å². The number of amides is 1. The van der Waals surface area contributed by atoms with Crippen LogP contribution in [0.15, 0.2) is 59.6 Å². The molecular weight excluding hydrogens is 351 g/mol. The van der Waals surface area contributed by atoms with Gasteiger partial charge < -0.3 is 4.90 Å². The van der Waals surface area contributed by atoms with Crippen LogP contribution in [0.5, 0.6) is 0 Å². The van der Waals surface area contributed by atoms with Crippen molar-refractivity contribution in [2.45, 2.75) is 13.0 Å². The Balaban J connectivity index is 1.57. The summed E-state index contributed by atoms with van der Waals surface area (Å²) in [4.78, 5) is 16.4. The second-order valence-electron chi connectivity index (χ2n) is 6.47. The Labute approximate surface area is 158 Å². The summed E-state index contributed by atoms with van der Waals surface area (Å²) in [6.45, 7) is 3.25. The van der Waals surface area contributed by atoms with Gasteiger partial charge in [-0.15, -0.1) is 0 Å². The average molecular weight is 373 g/mol. The van der Waals surface area contributed by atoms with Crippen LogP contribution in [0.25, 0.3) is 6.08 Å². The zero-order valence-electron chi connectivity index (χ0n) is 14.6. The Morgan fingerprint density at radius 3 is 2.50 bits per heavy atom. The molecule has 3 nitrogen and oxygen atoms in total. The maximum atomic E-state index is 13.0. The summed E-state index contributed by atoms with van der Waals surface area (Å²) in [6, 6.07) is 16.3. The number of hydrogen-bond acceptors (Lipinski definition) is 2. The summed E-state index contributed by atoms with van der Waals surface area (Å²) in [7, 11) is 0. The molecule has 0 radical (unpaired) electrons. The minimum absolute atomic E-state index is 0.125. The van der Waals surface area contributed by atoms with Crippen molar-refractivity contribution >= 4 is 23.6 Å². The first kappa shape index (κ1) is 18.6. The highest BCUT2D eigenvalue weighted by Gasteiger charge is 2.21. The van der Waals surface area contributed by atoms with Gasteiger partial charge in [0.25, 0.3) is 0 Å². The zero-order valence-corrected chi connectivity index (χ0v) is 15.3. The van der Waals surface area contributed by atoms with Gasteiger partial charge in [0.15, 0.2) is 0 Å². The van der Waals surface area contributed by atoms with Crippen LogP contribution in [0.2, 0.25) is 0 Å². The van der Waals surface area contributed by atoms with Gasteiger partial charge in [-0.1, -0.05) is 54.1 Å². The van der Waals surface area contributed by atoms with Gasteiger partial charge in [0.1, 0.15) is 5.82 Å². The summed E-state index contributed by atoms with van der Waals surface area (Å²) < 4.78 is 13.0. The van der Waals surface area contributed by atoms with E-state index in [2.05, 4.69) is 4.90 Å². The molecule has 0 N–H and O–H groups in total. The molecule has 1 heterocycles. The van der Waals surface area contributed by atoms with Crippen LogP contribution in [0.4, 0.5) is 4.39 Å². The lowest BCUT2D eigenvalue weighted by molar-refractivity contribution is -0.130. The van der Waals surface area contributed by atoms with E-state index >= 15 is 0 Å². The molecule has 1 aliphatic heterocycles. The summed E-state index contributed by atoms with van der Waals surface area (Å²) in [5, 5.41) is 0.760. The highest BCUT2D eigenvalue weighted by Crippen LogP contribution is 2.15. The largest absolute Gasteiger partial charge is 0.337 e. The van der Waals surface area contributed by atoms with Crippen molar-refractivity contribution in [3.63, 3.8) is 0 Å². The van der Waals surface area contributed by atoms with Crippen LogP contribution in [0, 0.1) is 5.82 Å². The molecule has 0 aliphatic carbocycles. The summed E-state index contributed by atoms with van der Waals surface area (Å²) in [5.74, 6) is -0.137. The Hall–Kier alpha value is -2.17. The normalized spacial score (nSPS) is 16.6. The van der Waals surface area contributed by atoms with Gasteiger partial charge in [-0.3, -0.25) is 9.69 Å². The second kappa shape index (κ2) is 8.97. The Kier molecular flexibility index (Phi) is 6.42. The van der Waals surface area contributed by atoms with Gasteiger partial charge in [-0.25, -0.2) is 4.39 Å². The summed E-state index contributed by atoms with van der Waals surface area (Å²) in [6.07, 6.45) is 2.43. The quantitative estimate of drug-likeness (QED) is 0.787. The Morgan fingerprint density at radius 1 is 1.04 bits per heavy atom. The lowest BCUT2D eigenvalue weighted by Crippen LogP contribution is -2.33. The number of carbonyl (C=O) groups is 1. The van der Waals surface area contributed by atoms with Crippen molar-refractivity contribution < 1.29 is 9.18 Å². The van der Waals surface area contributed by atoms with Crippen LogP contribution in [-0.2, 0) is 11.3 Å². The van der Waals surface area contributed by atoms with E-state index in [0.29, 0.717) is 32.6 Å². The van der Waals surface area contributed by atoms with Crippen molar-refractivity contribution in [3.05, 3.63) is 76.6 Å². The van der Waals surface area contributed by atoms with E-state index in [-0.39, 0.29) is 11.7 Å². The van der Waals surface area contributed by atoms with Crippen LogP contribution in [-0.4, -0.2) is 41.9 Å². The predicted molar refractivity (Wildman–Crippen MR) is 103 cm³/mol. The Morgan fingerprint density at radius 2 is 1.77 bits per heavy atom. The molecule has 1 aliphatic rings. The number of hydrogen-bond donors (Lipinski definition) is 0. The predicted octanol–water partition coefficient (Wildman–Crippen LogP) is 4.14. The third kappa shape index (κ3) is 5.41. The minimum Gasteiger partial charge on any atom is -0.337 e. The standard InChI is InChI=1S/C21H22ClFN2O/c22-19(14-17-4-2-1-3-5-17)16-24-11-10-21(26)25(13-12-24)15-18-6-8-20(23)9-7-18/h1-9,14H,10-13,15-16H2. The van der Waals surface area contributed by atoms with Crippen LogP contribution in [0.1, 0.15) is 17.5 Å². The molecule has 0 aromatic heterocycles. The van der Waals surface area contributed by atoms with E-state index in [1.54, 1.807) is 12.1 Å². The highest BCUT2D eigenvalue weighted by atomic mass is 35.5. The fourth-order valence-electron chi connectivity index (χ4n) is 3.04. The van der Waals surface area contributed by atoms with Gasteiger partial charge in [0.05, 0.1) is 0 Å². The summed E-state index contributed by atoms with van der Waals surface area (Å²) in [5.41, 5.74) is 2.01. The lowest BCUT2D eigenvalue weighted by Gasteiger charge is -2.22. The fraction of sp³-hybridized carbons (Fsp3) is 0.286. The molecule has 1 amide bonds. The summed E-state index contributed by atoms with van der Waals surface area (Å²) >= 11 is 6.40. The molecule has 2 aromatic rings. The number of benzene rings is 2.